The van der Waals surface area contributed by atoms with Crippen LogP contribution in [0.5, 0.6) is 0 Å². The second-order valence-corrected chi connectivity index (χ2v) is 11.3. The number of aryl methyl sites for hydroxylation is 2. The van der Waals surface area contributed by atoms with Crippen molar-refractivity contribution in [1.29, 1.82) is 0 Å². The molecule has 208 valence electrons. The third-order valence-corrected chi connectivity index (χ3v) is 8.95. The minimum absolute atomic E-state index is 0.0942. The summed E-state index contributed by atoms with van der Waals surface area (Å²) >= 11 is 2.33. The van der Waals surface area contributed by atoms with Crippen molar-refractivity contribution in [1.82, 2.24) is 9.55 Å². The number of hydrogen-bond donors (Lipinski definition) is 1. The first-order valence-electron chi connectivity index (χ1n) is 13.2. The van der Waals surface area contributed by atoms with E-state index in [2.05, 4.69) is 22.4 Å². The molecule has 0 radical (unpaired) electrons. The van der Waals surface area contributed by atoms with Gasteiger partial charge < -0.3 is 14.8 Å². The van der Waals surface area contributed by atoms with Gasteiger partial charge in [0, 0.05) is 10.9 Å². The van der Waals surface area contributed by atoms with Gasteiger partial charge in [0.1, 0.15) is 21.3 Å². The number of nitrogens with zero attached hydrogens (tertiary/aromatic N) is 2. The van der Waals surface area contributed by atoms with E-state index in [1.165, 1.54) is 39.8 Å². The van der Waals surface area contributed by atoms with Gasteiger partial charge in [-0.3, -0.25) is 14.2 Å². The summed E-state index contributed by atoms with van der Waals surface area (Å²) in [5, 5.41) is 5.26. The highest BCUT2D eigenvalue weighted by molar-refractivity contribution is 7.18. The fourth-order valence-electron chi connectivity index (χ4n) is 4.96. The Kier molecular flexibility index (Phi) is 8.13. The van der Waals surface area contributed by atoms with Crippen LogP contribution in [0.25, 0.3) is 21.3 Å². The van der Waals surface area contributed by atoms with Gasteiger partial charge in [-0.25, -0.2) is 14.6 Å². The highest BCUT2D eigenvalue weighted by Gasteiger charge is 2.27. The molecule has 1 aromatic carbocycles. The number of aromatic nitrogens is 2. The smallest absolute Gasteiger partial charge is 0.348 e. The third-order valence-electron chi connectivity index (χ3n) is 6.87. The number of hydrogen-bond acceptors (Lipinski definition) is 9. The summed E-state index contributed by atoms with van der Waals surface area (Å²) < 4.78 is 11.5. The van der Waals surface area contributed by atoms with Crippen molar-refractivity contribution in [3.8, 4) is 11.1 Å². The molecule has 0 fully saturated rings. The van der Waals surface area contributed by atoms with E-state index in [0.29, 0.717) is 15.8 Å². The molecule has 1 aliphatic carbocycles. The first kappa shape index (κ1) is 27.7. The Labute approximate surface area is 238 Å². The van der Waals surface area contributed by atoms with Crippen LogP contribution in [0, 0.1) is 6.92 Å². The van der Waals surface area contributed by atoms with Crippen LogP contribution >= 0.6 is 22.7 Å². The number of carbonyl (C=O) groups is 3. The number of thiophene rings is 2. The van der Waals surface area contributed by atoms with Crippen LogP contribution in [0.4, 0.5) is 5.00 Å². The average Bonchev–Trinajstić information content (AvgIpc) is 3.51. The fourth-order valence-corrected chi connectivity index (χ4v) is 6.97. The van der Waals surface area contributed by atoms with Crippen molar-refractivity contribution in [2.45, 2.75) is 53.0 Å². The molecule has 11 heteroatoms. The minimum Gasteiger partial charge on any atom is -0.462 e. The van der Waals surface area contributed by atoms with Crippen LogP contribution in [0.15, 0.2) is 34.7 Å². The number of benzene rings is 1. The SMILES string of the molecule is CCOC(=O)c1sc(NC(=O)Cn2cnc3scc(-c4ccc5c(c4)CCCC5)c3c2=O)c(C(=O)OCC)c1C. The first-order valence-corrected chi connectivity index (χ1v) is 14.9. The molecule has 3 aromatic heterocycles. The lowest BCUT2D eigenvalue weighted by molar-refractivity contribution is -0.116. The maximum atomic E-state index is 13.6. The standard InChI is InChI=1S/C29H29N3O6S2/c1-4-37-28(35)22-16(3)24(29(36)38-5-2)40-26(22)31-21(33)13-32-15-30-25-23(27(32)34)20(14-39-25)19-11-10-17-8-6-7-9-18(17)12-19/h10-12,14-15H,4-9,13H2,1-3H3,(H,31,33). The molecule has 40 heavy (non-hydrogen) atoms. The quantitative estimate of drug-likeness (QED) is 0.279. The molecule has 0 atom stereocenters. The molecule has 5 rings (SSSR count). The molecular formula is C29H29N3O6S2. The number of rotatable bonds is 8. The summed E-state index contributed by atoms with van der Waals surface area (Å²) in [7, 11) is 0. The van der Waals surface area contributed by atoms with Crippen LogP contribution < -0.4 is 10.9 Å². The molecule has 9 nitrogen and oxygen atoms in total. The van der Waals surface area contributed by atoms with Crippen LogP contribution in [0.1, 0.15) is 63.4 Å². The maximum Gasteiger partial charge on any atom is 0.348 e. The number of ether oxygens (including phenoxy) is 2. The molecular weight excluding hydrogens is 550 g/mol. The zero-order valence-electron chi connectivity index (χ0n) is 22.5. The van der Waals surface area contributed by atoms with Gasteiger partial charge in [-0.15, -0.1) is 22.7 Å². The van der Waals surface area contributed by atoms with E-state index in [1.807, 2.05) is 11.4 Å². The number of amides is 1. The van der Waals surface area contributed by atoms with Gasteiger partial charge in [0.2, 0.25) is 5.91 Å². The van der Waals surface area contributed by atoms with E-state index in [9.17, 15) is 19.2 Å². The minimum atomic E-state index is -0.657. The van der Waals surface area contributed by atoms with E-state index in [1.54, 1.807) is 20.8 Å². The van der Waals surface area contributed by atoms with Crippen molar-refractivity contribution in [3.63, 3.8) is 0 Å². The molecule has 0 saturated carbocycles. The Hall–Kier alpha value is -3.83. The van der Waals surface area contributed by atoms with Gasteiger partial charge in [0.05, 0.1) is 30.5 Å². The maximum absolute atomic E-state index is 13.6. The largest absolute Gasteiger partial charge is 0.462 e. The topological polar surface area (TPSA) is 117 Å². The Morgan fingerprint density at radius 1 is 1.05 bits per heavy atom. The normalized spacial score (nSPS) is 12.7. The van der Waals surface area contributed by atoms with Gasteiger partial charge in [-0.05, 0) is 68.7 Å². The summed E-state index contributed by atoms with van der Waals surface area (Å²) in [4.78, 5) is 57.0. The number of carbonyl (C=O) groups excluding carboxylic acids is 3. The lowest BCUT2D eigenvalue weighted by Crippen LogP contribution is -2.28. The number of fused-ring (bicyclic) bond motifs is 2. The summed E-state index contributed by atoms with van der Waals surface area (Å²) in [5.74, 6) is -1.79. The van der Waals surface area contributed by atoms with E-state index < -0.39 is 17.8 Å². The molecule has 4 aromatic rings. The van der Waals surface area contributed by atoms with E-state index >= 15 is 0 Å². The number of anilines is 1. The molecule has 0 saturated heterocycles. The second kappa shape index (κ2) is 11.7. The van der Waals surface area contributed by atoms with E-state index in [-0.39, 0.29) is 40.8 Å². The molecule has 1 N–H and O–H groups in total. The van der Waals surface area contributed by atoms with Gasteiger partial charge in [0.15, 0.2) is 0 Å². The Morgan fingerprint density at radius 3 is 2.52 bits per heavy atom. The summed E-state index contributed by atoms with van der Waals surface area (Å²) in [6, 6.07) is 6.35. The van der Waals surface area contributed by atoms with E-state index in [4.69, 9.17) is 9.47 Å². The zero-order chi connectivity index (χ0) is 28.4. The van der Waals surface area contributed by atoms with Crippen molar-refractivity contribution in [3.05, 3.63) is 67.4 Å². The highest BCUT2D eigenvalue weighted by Crippen LogP contribution is 2.35. The number of nitrogens with one attached hydrogen (secondary N) is 1. The lowest BCUT2D eigenvalue weighted by Gasteiger charge is -2.16. The average molecular weight is 580 g/mol. The van der Waals surface area contributed by atoms with Crippen LogP contribution in [-0.4, -0.2) is 40.6 Å². The molecule has 1 aliphatic rings. The van der Waals surface area contributed by atoms with Gasteiger partial charge >= 0.3 is 11.9 Å². The van der Waals surface area contributed by atoms with Crippen LogP contribution in [0.3, 0.4) is 0 Å². The zero-order valence-corrected chi connectivity index (χ0v) is 24.1. The first-order chi connectivity index (χ1) is 19.3. The molecule has 0 bridgehead atoms. The Bertz CT molecular complexity index is 1680. The predicted molar refractivity (Wildman–Crippen MR) is 156 cm³/mol. The van der Waals surface area contributed by atoms with Crippen molar-refractivity contribution in [2.24, 2.45) is 0 Å². The molecule has 1 amide bonds. The lowest BCUT2D eigenvalue weighted by atomic mass is 9.89. The van der Waals surface area contributed by atoms with Crippen molar-refractivity contribution < 1.29 is 23.9 Å². The summed E-state index contributed by atoms with van der Waals surface area (Å²) in [5.41, 5.74) is 4.58. The Balaban J connectivity index is 1.44. The molecule has 0 spiro atoms. The predicted octanol–water partition coefficient (Wildman–Crippen LogP) is 5.37. The van der Waals surface area contributed by atoms with Gasteiger partial charge in [-0.1, -0.05) is 18.2 Å². The van der Waals surface area contributed by atoms with E-state index in [0.717, 1.165) is 41.7 Å². The third kappa shape index (κ3) is 5.31. The second-order valence-electron chi connectivity index (χ2n) is 9.45. The van der Waals surface area contributed by atoms with Crippen molar-refractivity contribution >= 4 is 55.7 Å². The number of esters is 2. The Morgan fingerprint density at radius 2 is 1.77 bits per heavy atom. The molecule has 3 heterocycles. The molecule has 0 aliphatic heterocycles. The van der Waals surface area contributed by atoms with Crippen LogP contribution in [-0.2, 0) is 33.7 Å². The van der Waals surface area contributed by atoms with Gasteiger partial charge in [-0.2, -0.15) is 0 Å². The summed E-state index contributed by atoms with van der Waals surface area (Å²) in [6.07, 6.45) is 5.82. The van der Waals surface area contributed by atoms with Crippen LogP contribution in [0.2, 0.25) is 0 Å². The summed E-state index contributed by atoms with van der Waals surface area (Å²) in [6.45, 7) is 4.93. The van der Waals surface area contributed by atoms with Crippen molar-refractivity contribution in [2.75, 3.05) is 18.5 Å². The van der Waals surface area contributed by atoms with Gasteiger partial charge in [0.25, 0.3) is 5.56 Å². The monoisotopic (exact) mass is 579 g/mol. The molecule has 0 unspecified atom stereocenters. The highest BCUT2D eigenvalue weighted by atomic mass is 32.1. The fraction of sp³-hybridized carbons (Fsp3) is 0.345.